The third-order valence-electron chi connectivity index (χ3n) is 4.17. The summed E-state index contributed by atoms with van der Waals surface area (Å²) in [6, 6.07) is 8.06. The van der Waals surface area contributed by atoms with Gasteiger partial charge >= 0.3 is 0 Å². The van der Waals surface area contributed by atoms with Crippen LogP contribution in [0.5, 0.6) is 0 Å². The van der Waals surface area contributed by atoms with Gasteiger partial charge in [-0.2, -0.15) is 0 Å². The first kappa shape index (κ1) is 13.9. The molecule has 0 heterocycles. The van der Waals surface area contributed by atoms with E-state index in [9.17, 15) is 4.79 Å². The molecule has 2 rings (SSSR count). The van der Waals surface area contributed by atoms with E-state index in [0.717, 1.165) is 17.7 Å². The molecule has 1 atom stereocenters. The van der Waals surface area contributed by atoms with Gasteiger partial charge in [-0.15, -0.1) is 0 Å². The molecule has 1 aromatic carbocycles. The molecule has 1 fully saturated rings. The molecule has 0 aromatic heterocycles. The summed E-state index contributed by atoms with van der Waals surface area (Å²) < 4.78 is 0. The minimum atomic E-state index is 0.141. The predicted octanol–water partition coefficient (Wildman–Crippen LogP) is 2.90. The van der Waals surface area contributed by atoms with Crippen LogP contribution >= 0.6 is 0 Å². The van der Waals surface area contributed by atoms with E-state index in [4.69, 9.17) is 5.73 Å². The van der Waals surface area contributed by atoms with E-state index in [1.807, 2.05) is 24.3 Å². The van der Waals surface area contributed by atoms with Crippen LogP contribution in [0, 0.1) is 5.92 Å². The number of rotatable bonds is 5. The number of nitrogen functional groups attached to an aromatic ring is 1. The SMILES string of the molecule is C[C@@H](NC(=O)CCc1ccccc1N)C1CCCC1. The topological polar surface area (TPSA) is 55.1 Å². The van der Waals surface area contributed by atoms with Crippen LogP contribution in [0.15, 0.2) is 24.3 Å². The Balaban J connectivity index is 1.77. The first-order chi connectivity index (χ1) is 9.16. The second-order valence-corrected chi connectivity index (χ2v) is 5.60. The smallest absolute Gasteiger partial charge is 0.220 e. The fourth-order valence-electron chi connectivity index (χ4n) is 2.91. The van der Waals surface area contributed by atoms with Gasteiger partial charge in [-0.1, -0.05) is 31.0 Å². The maximum absolute atomic E-state index is 11.9. The van der Waals surface area contributed by atoms with Crippen molar-refractivity contribution in [3.8, 4) is 0 Å². The highest BCUT2D eigenvalue weighted by Gasteiger charge is 2.22. The number of nitrogens with one attached hydrogen (secondary N) is 1. The number of para-hydroxylation sites is 1. The summed E-state index contributed by atoms with van der Waals surface area (Å²) in [6.07, 6.45) is 6.37. The van der Waals surface area contributed by atoms with Crippen LogP contribution in [0.4, 0.5) is 5.69 Å². The predicted molar refractivity (Wildman–Crippen MR) is 78.7 cm³/mol. The molecular formula is C16H24N2O. The van der Waals surface area contributed by atoms with Crippen LogP contribution in [0.2, 0.25) is 0 Å². The molecule has 1 saturated carbocycles. The van der Waals surface area contributed by atoms with E-state index in [2.05, 4.69) is 12.2 Å². The maximum Gasteiger partial charge on any atom is 0.220 e. The lowest BCUT2D eigenvalue weighted by molar-refractivity contribution is -0.122. The van der Waals surface area contributed by atoms with E-state index in [1.54, 1.807) is 0 Å². The van der Waals surface area contributed by atoms with Crippen LogP contribution in [-0.4, -0.2) is 11.9 Å². The fourth-order valence-corrected chi connectivity index (χ4v) is 2.91. The molecule has 0 unspecified atom stereocenters. The molecule has 1 amide bonds. The Morgan fingerprint density at radius 3 is 2.74 bits per heavy atom. The van der Waals surface area contributed by atoms with Crippen LogP contribution in [0.3, 0.4) is 0 Å². The van der Waals surface area contributed by atoms with Gasteiger partial charge in [-0.25, -0.2) is 0 Å². The van der Waals surface area contributed by atoms with Gasteiger partial charge in [0.15, 0.2) is 0 Å². The number of carbonyl (C=O) groups excluding carboxylic acids is 1. The summed E-state index contributed by atoms with van der Waals surface area (Å²) in [5, 5.41) is 3.13. The summed E-state index contributed by atoms with van der Waals surface area (Å²) in [4.78, 5) is 11.9. The molecule has 0 bridgehead atoms. The quantitative estimate of drug-likeness (QED) is 0.800. The molecule has 1 aromatic rings. The van der Waals surface area contributed by atoms with Gasteiger partial charge < -0.3 is 11.1 Å². The van der Waals surface area contributed by atoms with E-state index in [1.165, 1.54) is 25.7 Å². The lowest BCUT2D eigenvalue weighted by atomic mass is 9.99. The van der Waals surface area contributed by atoms with Gasteiger partial charge in [0.1, 0.15) is 0 Å². The largest absolute Gasteiger partial charge is 0.399 e. The summed E-state index contributed by atoms with van der Waals surface area (Å²) in [5.74, 6) is 0.813. The molecular weight excluding hydrogens is 236 g/mol. The van der Waals surface area contributed by atoms with Crippen molar-refractivity contribution in [3.05, 3.63) is 29.8 Å². The van der Waals surface area contributed by atoms with Crippen molar-refractivity contribution < 1.29 is 4.79 Å². The van der Waals surface area contributed by atoms with Gasteiger partial charge in [0, 0.05) is 18.2 Å². The Morgan fingerprint density at radius 2 is 2.05 bits per heavy atom. The zero-order valence-electron chi connectivity index (χ0n) is 11.7. The molecule has 3 N–H and O–H groups in total. The van der Waals surface area contributed by atoms with Crippen molar-refractivity contribution in [1.29, 1.82) is 0 Å². The van der Waals surface area contributed by atoms with Crippen molar-refractivity contribution in [2.24, 2.45) is 5.92 Å². The number of hydrogen-bond acceptors (Lipinski definition) is 2. The van der Waals surface area contributed by atoms with Gasteiger partial charge in [-0.05, 0) is 43.7 Å². The van der Waals surface area contributed by atoms with Crippen LogP contribution < -0.4 is 11.1 Å². The normalized spacial score (nSPS) is 17.3. The van der Waals surface area contributed by atoms with Crippen LogP contribution in [-0.2, 0) is 11.2 Å². The van der Waals surface area contributed by atoms with Gasteiger partial charge in [0.2, 0.25) is 5.91 Å². The fraction of sp³-hybridized carbons (Fsp3) is 0.562. The van der Waals surface area contributed by atoms with Gasteiger partial charge in [0.25, 0.3) is 0 Å². The Hall–Kier alpha value is -1.51. The Labute approximate surface area is 115 Å². The highest BCUT2D eigenvalue weighted by Crippen LogP contribution is 2.27. The minimum Gasteiger partial charge on any atom is -0.399 e. The van der Waals surface area contributed by atoms with Crippen molar-refractivity contribution in [3.63, 3.8) is 0 Å². The highest BCUT2D eigenvalue weighted by molar-refractivity contribution is 5.76. The first-order valence-electron chi connectivity index (χ1n) is 7.29. The molecule has 1 aliphatic rings. The number of anilines is 1. The molecule has 1 aliphatic carbocycles. The number of aryl methyl sites for hydroxylation is 1. The van der Waals surface area contributed by atoms with Gasteiger partial charge in [-0.3, -0.25) is 4.79 Å². The number of hydrogen-bond donors (Lipinski definition) is 2. The number of nitrogens with two attached hydrogens (primary N) is 1. The van der Waals surface area contributed by atoms with E-state index >= 15 is 0 Å². The summed E-state index contributed by atoms with van der Waals surface area (Å²) >= 11 is 0. The van der Waals surface area contributed by atoms with E-state index in [0.29, 0.717) is 18.4 Å². The summed E-state index contributed by atoms with van der Waals surface area (Å²) in [6.45, 7) is 2.13. The molecule has 0 radical (unpaired) electrons. The Morgan fingerprint density at radius 1 is 1.37 bits per heavy atom. The summed E-state index contributed by atoms with van der Waals surface area (Å²) in [7, 11) is 0. The second kappa shape index (κ2) is 6.60. The van der Waals surface area contributed by atoms with Crippen molar-refractivity contribution in [2.75, 3.05) is 5.73 Å². The number of benzene rings is 1. The van der Waals surface area contributed by atoms with Crippen molar-refractivity contribution >= 4 is 11.6 Å². The Kier molecular flexibility index (Phi) is 4.83. The van der Waals surface area contributed by atoms with Crippen LogP contribution in [0.1, 0.15) is 44.6 Å². The van der Waals surface area contributed by atoms with Crippen LogP contribution in [0.25, 0.3) is 0 Å². The third-order valence-corrected chi connectivity index (χ3v) is 4.17. The molecule has 3 heteroatoms. The van der Waals surface area contributed by atoms with Crippen molar-refractivity contribution in [2.45, 2.75) is 51.5 Å². The monoisotopic (exact) mass is 260 g/mol. The minimum absolute atomic E-state index is 0.141. The number of amides is 1. The summed E-state index contributed by atoms with van der Waals surface area (Å²) in [5.41, 5.74) is 7.71. The van der Waals surface area contributed by atoms with E-state index in [-0.39, 0.29) is 5.91 Å². The molecule has 104 valence electrons. The molecule has 19 heavy (non-hydrogen) atoms. The average Bonchev–Trinajstić information content (AvgIpc) is 2.91. The van der Waals surface area contributed by atoms with Gasteiger partial charge in [0.05, 0.1) is 0 Å². The molecule has 0 spiro atoms. The molecule has 3 nitrogen and oxygen atoms in total. The lowest BCUT2D eigenvalue weighted by Crippen LogP contribution is -2.37. The third kappa shape index (κ3) is 3.98. The first-order valence-corrected chi connectivity index (χ1v) is 7.29. The standard InChI is InChI=1S/C16H24N2O/c1-12(13-6-2-3-7-13)18-16(19)11-10-14-8-4-5-9-15(14)17/h4-5,8-9,12-13H,2-3,6-7,10-11,17H2,1H3,(H,18,19)/t12-/m1/s1. The average molecular weight is 260 g/mol. The zero-order chi connectivity index (χ0) is 13.7. The Bertz CT molecular complexity index is 425. The zero-order valence-corrected chi connectivity index (χ0v) is 11.7. The second-order valence-electron chi connectivity index (χ2n) is 5.60. The van der Waals surface area contributed by atoms with Crippen molar-refractivity contribution in [1.82, 2.24) is 5.32 Å². The number of carbonyl (C=O) groups is 1. The lowest BCUT2D eigenvalue weighted by Gasteiger charge is -2.20. The molecule has 0 saturated heterocycles. The van der Waals surface area contributed by atoms with E-state index < -0.39 is 0 Å². The molecule has 0 aliphatic heterocycles. The maximum atomic E-state index is 11.9. The highest BCUT2D eigenvalue weighted by atomic mass is 16.1.